The summed E-state index contributed by atoms with van der Waals surface area (Å²) in [5.41, 5.74) is 2.90. The Bertz CT molecular complexity index is 1160. The number of methoxy groups -OCH3 is 1. The summed E-state index contributed by atoms with van der Waals surface area (Å²) in [5, 5.41) is 11.3. The van der Waals surface area contributed by atoms with Gasteiger partial charge in [0.2, 0.25) is 5.91 Å². The Hall–Kier alpha value is -2.84. The number of rotatable bonds is 8. The van der Waals surface area contributed by atoms with E-state index >= 15 is 0 Å². The fraction of sp³-hybridized carbons (Fsp3) is 0.500. The van der Waals surface area contributed by atoms with Gasteiger partial charge in [-0.1, -0.05) is 32.4 Å². The molecule has 4 N–H and O–H groups in total. The molecule has 0 aliphatic heterocycles. The zero-order valence-electron chi connectivity index (χ0n) is 20.9. The Kier molecular flexibility index (Phi) is 7.82. The molecule has 1 fully saturated rings. The van der Waals surface area contributed by atoms with Gasteiger partial charge in [0, 0.05) is 35.8 Å². The molecule has 0 atom stereocenters. The Balaban J connectivity index is 1.34. The second-order valence-corrected chi connectivity index (χ2v) is 10.8. The van der Waals surface area contributed by atoms with Crippen molar-refractivity contribution >= 4 is 34.4 Å². The van der Waals surface area contributed by atoms with Crippen LogP contribution in [0, 0.1) is 5.41 Å². The molecule has 0 saturated heterocycles. The number of amides is 1. The molecule has 3 heterocycles. The highest BCUT2D eigenvalue weighted by atomic mass is 35.5. The van der Waals surface area contributed by atoms with E-state index in [1.807, 2.05) is 24.4 Å². The van der Waals surface area contributed by atoms with Gasteiger partial charge in [-0.25, -0.2) is 9.97 Å². The molecule has 188 valence electrons. The molecule has 35 heavy (non-hydrogen) atoms. The Labute approximate surface area is 211 Å². The van der Waals surface area contributed by atoms with Gasteiger partial charge < -0.3 is 25.7 Å². The molecule has 8 nitrogen and oxygen atoms in total. The van der Waals surface area contributed by atoms with E-state index in [1.165, 1.54) is 0 Å². The van der Waals surface area contributed by atoms with Crippen molar-refractivity contribution in [3.63, 3.8) is 0 Å². The van der Waals surface area contributed by atoms with Crippen LogP contribution in [-0.4, -0.2) is 53.1 Å². The highest BCUT2D eigenvalue weighted by Gasteiger charge is 2.23. The van der Waals surface area contributed by atoms with E-state index in [0.717, 1.165) is 60.2 Å². The molecule has 1 aliphatic carbocycles. The average molecular weight is 499 g/mol. The normalized spacial score (nSPS) is 18.4. The molecule has 0 aromatic carbocycles. The number of carbonyl (C=O) groups excluding carboxylic acids is 1. The lowest BCUT2D eigenvalue weighted by Gasteiger charge is -2.30. The van der Waals surface area contributed by atoms with Crippen molar-refractivity contribution in [2.24, 2.45) is 5.41 Å². The van der Waals surface area contributed by atoms with Crippen LogP contribution in [0.4, 0.5) is 5.82 Å². The molecule has 0 spiro atoms. The first-order valence-electron chi connectivity index (χ1n) is 12.2. The SMILES string of the molecule is COc1cnc2[nH]cc(-c3cc(Cl)nc(NC4CCC(NC(=O)CNCC(C)(C)C)CC4)c3)c2c1. The van der Waals surface area contributed by atoms with E-state index in [1.54, 1.807) is 13.3 Å². The van der Waals surface area contributed by atoms with Gasteiger partial charge in [-0.15, -0.1) is 0 Å². The maximum atomic E-state index is 12.3. The number of nitrogens with zero attached hydrogens (tertiary/aromatic N) is 2. The highest BCUT2D eigenvalue weighted by Crippen LogP contribution is 2.33. The molecular formula is C26H35ClN6O2. The predicted octanol–water partition coefficient (Wildman–Crippen LogP) is 4.76. The molecule has 0 radical (unpaired) electrons. The standard InChI is InChI=1S/C26H35ClN6O2/c1-26(2,3)15-28-14-24(34)32-18-7-5-17(6-8-18)31-23-10-16(9-22(27)33-23)21-13-30-25-20(21)11-19(35-4)12-29-25/h9-13,17-18,28H,5-8,14-15H2,1-4H3,(H,29,30)(H,31,33)(H,32,34). The number of aromatic amines is 1. The lowest BCUT2D eigenvalue weighted by molar-refractivity contribution is -0.121. The summed E-state index contributed by atoms with van der Waals surface area (Å²) < 4.78 is 5.34. The van der Waals surface area contributed by atoms with Crippen molar-refractivity contribution in [3.05, 3.63) is 35.7 Å². The molecule has 3 aromatic heterocycles. The summed E-state index contributed by atoms with van der Waals surface area (Å²) in [4.78, 5) is 24.4. The van der Waals surface area contributed by atoms with Crippen LogP contribution in [0.3, 0.4) is 0 Å². The average Bonchev–Trinajstić information content (AvgIpc) is 3.22. The summed E-state index contributed by atoms with van der Waals surface area (Å²) >= 11 is 6.39. The van der Waals surface area contributed by atoms with Gasteiger partial charge in [0.05, 0.1) is 19.9 Å². The van der Waals surface area contributed by atoms with Crippen molar-refractivity contribution < 1.29 is 9.53 Å². The maximum absolute atomic E-state index is 12.3. The number of hydrogen-bond donors (Lipinski definition) is 4. The van der Waals surface area contributed by atoms with Gasteiger partial charge in [0.15, 0.2) is 0 Å². The van der Waals surface area contributed by atoms with E-state index in [9.17, 15) is 4.79 Å². The number of ether oxygens (including phenoxy) is 1. The number of nitrogens with one attached hydrogen (secondary N) is 4. The first kappa shape index (κ1) is 25.3. The van der Waals surface area contributed by atoms with Crippen LogP contribution >= 0.6 is 11.6 Å². The lowest BCUT2D eigenvalue weighted by Crippen LogP contribution is -2.44. The van der Waals surface area contributed by atoms with E-state index in [0.29, 0.717) is 17.4 Å². The molecule has 4 rings (SSSR count). The van der Waals surface area contributed by atoms with E-state index in [-0.39, 0.29) is 23.4 Å². The zero-order valence-corrected chi connectivity index (χ0v) is 21.6. The number of carbonyl (C=O) groups is 1. The third-order valence-electron chi connectivity index (χ3n) is 6.23. The fourth-order valence-electron chi connectivity index (χ4n) is 4.48. The quantitative estimate of drug-likeness (QED) is 0.334. The van der Waals surface area contributed by atoms with Crippen molar-refractivity contribution in [1.82, 2.24) is 25.6 Å². The summed E-state index contributed by atoms with van der Waals surface area (Å²) in [6.45, 7) is 7.63. The van der Waals surface area contributed by atoms with E-state index < -0.39 is 0 Å². The summed E-state index contributed by atoms with van der Waals surface area (Å²) in [5.74, 6) is 1.51. The number of anilines is 1. The first-order chi connectivity index (χ1) is 16.7. The van der Waals surface area contributed by atoms with Crippen molar-refractivity contribution in [2.75, 3.05) is 25.5 Å². The first-order valence-corrected chi connectivity index (χ1v) is 12.5. The van der Waals surface area contributed by atoms with E-state index in [4.69, 9.17) is 16.3 Å². The molecule has 9 heteroatoms. The van der Waals surface area contributed by atoms with Crippen LogP contribution in [0.25, 0.3) is 22.2 Å². The number of pyridine rings is 2. The minimum Gasteiger partial charge on any atom is -0.495 e. The fourth-order valence-corrected chi connectivity index (χ4v) is 4.69. The molecule has 1 saturated carbocycles. The van der Waals surface area contributed by atoms with Crippen molar-refractivity contribution in [3.8, 4) is 16.9 Å². The lowest BCUT2D eigenvalue weighted by atomic mass is 9.91. The summed E-state index contributed by atoms with van der Waals surface area (Å²) in [6, 6.07) is 6.33. The minimum atomic E-state index is 0.0664. The van der Waals surface area contributed by atoms with Gasteiger partial charge in [0.25, 0.3) is 0 Å². The minimum absolute atomic E-state index is 0.0664. The highest BCUT2D eigenvalue weighted by molar-refractivity contribution is 6.29. The molecule has 0 bridgehead atoms. The number of fused-ring (bicyclic) bond motifs is 1. The Morgan fingerprint density at radius 1 is 1.17 bits per heavy atom. The summed E-state index contributed by atoms with van der Waals surface area (Å²) in [6.07, 6.45) is 7.40. The van der Waals surface area contributed by atoms with Crippen LogP contribution in [0.15, 0.2) is 30.6 Å². The third kappa shape index (κ3) is 6.86. The van der Waals surface area contributed by atoms with Gasteiger partial charge >= 0.3 is 0 Å². The predicted molar refractivity (Wildman–Crippen MR) is 141 cm³/mol. The second kappa shape index (κ2) is 10.8. The molecule has 1 aliphatic rings. The number of aromatic nitrogens is 3. The van der Waals surface area contributed by atoms with Gasteiger partial charge in [-0.2, -0.15) is 0 Å². The van der Waals surface area contributed by atoms with Gasteiger partial charge in [0.1, 0.15) is 22.4 Å². The molecular weight excluding hydrogens is 464 g/mol. The Morgan fingerprint density at radius 2 is 1.91 bits per heavy atom. The molecule has 0 unspecified atom stereocenters. The monoisotopic (exact) mass is 498 g/mol. The topological polar surface area (TPSA) is 104 Å². The summed E-state index contributed by atoms with van der Waals surface area (Å²) in [7, 11) is 1.63. The van der Waals surface area contributed by atoms with Crippen LogP contribution in [0.5, 0.6) is 5.75 Å². The third-order valence-corrected chi connectivity index (χ3v) is 6.43. The molecule has 1 amide bonds. The largest absolute Gasteiger partial charge is 0.495 e. The van der Waals surface area contributed by atoms with Crippen molar-refractivity contribution in [1.29, 1.82) is 0 Å². The van der Waals surface area contributed by atoms with Gasteiger partial charge in [-0.3, -0.25) is 4.79 Å². The number of hydrogen-bond acceptors (Lipinski definition) is 6. The smallest absolute Gasteiger partial charge is 0.234 e. The van der Waals surface area contributed by atoms with Crippen LogP contribution < -0.4 is 20.7 Å². The number of H-pyrrole nitrogens is 1. The maximum Gasteiger partial charge on any atom is 0.234 e. The van der Waals surface area contributed by atoms with Crippen LogP contribution in [0.2, 0.25) is 5.15 Å². The van der Waals surface area contributed by atoms with Crippen LogP contribution in [-0.2, 0) is 4.79 Å². The van der Waals surface area contributed by atoms with Crippen molar-refractivity contribution in [2.45, 2.75) is 58.5 Å². The number of halogens is 1. The second-order valence-electron chi connectivity index (χ2n) is 10.5. The Morgan fingerprint density at radius 3 is 2.63 bits per heavy atom. The van der Waals surface area contributed by atoms with E-state index in [2.05, 4.69) is 51.7 Å². The van der Waals surface area contributed by atoms with Crippen LogP contribution in [0.1, 0.15) is 46.5 Å². The zero-order chi connectivity index (χ0) is 25.0. The molecule has 3 aromatic rings. The van der Waals surface area contributed by atoms with Gasteiger partial charge in [-0.05, 0) is 54.9 Å².